The van der Waals surface area contributed by atoms with Crippen LogP contribution < -0.4 is 19.1 Å². The number of rotatable bonds is 9. The van der Waals surface area contributed by atoms with Gasteiger partial charge < -0.3 is 14.4 Å². The van der Waals surface area contributed by atoms with Crippen molar-refractivity contribution in [2.24, 2.45) is 5.92 Å². The molecule has 1 aliphatic heterocycles. The van der Waals surface area contributed by atoms with Gasteiger partial charge in [-0.1, -0.05) is 6.92 Å². The van der Waals surface area contributed by atoms with Crippen LogP contribution in [0.5, 0.6) is 11.5 Å². The molecule has 160 valence electrons. The predicted molar refractivity (Wildman–Crippen MR) is 114 cm³/mol. The van der Waals surface area contributed by atoms with Crippen molar-refractivity contribution in [3.8, 4) is 11.5 Å². The third kappa shape index (κ3) is 5.27. The molecule has 0 atom stereocenters. The molecule has 0 saturated carbocycles. The van der Waals surface area contributed by atoms with Gasteiger partial charge in [-0.05, 0) is 37.7 Å². The average Bonchev–Trinajstić information content (AvgIpc) is 2.72. The molecule has 3 rings (SSSR count). The van der Waals surface area contributed by atoms with Gasteiger partial charge in [0.05, 0.1) is 25.5 Å². The maximum atomic E-state index is 11.8. The Morgan fingerprint density at radius 2 is 1.83 bits per heavy atom. The van der Waals surface area contributed by atoms with Gasteiger partial charge in [0, 0.05) is 31.1 Å². The first-order valence-corrected chi connectivity index (χ1v) is 11.7. The molecule has 0 aliphatic carbocycles. The zero-order valence-corrected chi connectivity index (χ0v) is 18.2. The van der Waals surface area contributed by atoms with Crippen molar-refractivity contribution in [2.75, 3.05) is 44.5 Å². The van der Waals surface area contributed by atoms with Gasteiger partial charge in [0.1, 0.15) is 12.1 Å². The molecule has 0 radical (unpaired) electrons. The van der Waals surface area contributed by atoms with Gasteiger partial charge in [-0.2, -0.15) is 0 Å². The number of aromatic nitrogens is 2. The van der Waals surface area contributed by atoms with E-state index in [0.29, 0.717) is 30.4 Å². The smallest absolute Gasteiger partial charge is 0.211 e. The normalized spacial score (nSPS) is 15.6. The maximum Gasteiger partial charge on any atom is 0.211 e. The van der Waals surface area contributed by atoms with Crippen LogP contribution in [0.2, 0.25) is 0 Å². The van der Waals surface area contributed by atoms with Crippen molar-refractivity contribution in [2.45, 2.75) is 32.6 Å². The Hall–Kier alpha value is -2.13. The molecule has 1 aromatic heterocycles. The minimum Gasteiger partial charge on any atom is -0.493 e. The first-order valence-electron chi connectivity index (χ1n) is 10.1. The Morgan fingerprint density at radius 1 is 1.14 bits per heavy atom. The number of methoxy groups -OCH3 is 2. The zero-order chi connectivity index (χ0) is 20.9. The SMILES string of the molecule is CCCS(=O)(=O)NCCC1CCN(c2ncnc3cc(OC)c(OC)cc23)CC1. The fraction of sp³-hybridized carbons (Fsp3) is 0.600. The minimum absolute atomic E-state index is 0.195. The van der Waals surface area contributed by atoms with Gasteiger partial charge in [-0.3, -0.25) is 0 Å². The lowest BCUT2D eigenvalue weighted by Gasteiger charge is -2.33. The second kappa shape index (κ2) is 9.58. The monoisotopic (exact) mass is 422 g/mol. The predicted octanol–water partition coefficient (Wildman–Crippen LogP) is 2.58. The highest BCUT2D eigenvalue weighted by Gasteiger charge is 2.23. The summed E-state index contributed by atoms with van der Waals surface area (Å²) in [4.78, 5) is 11.2. The molecule has 0 unspecified atom stereocenters. The molecule has 9 heteroatoms. The quantitative estimate of drug-likeness (QED) is 0.664. The molecule has 2 aromatic rings. The summed E-state index contributed by atoms with van der Waals surface area (Å²) >= 11 is 0. The number of hydrogen-bond acceptors (Lipinski definition) is 7. The van der Waals surface area contributed by atoms with Gasteiger partial charge in [0.2, 0.25) is 10.0 Å². The number of sulfonamides is 1. The second-order valence-electron chi connectivity index (χ2n) is 7.35. The zero-order valence-electron chi connectivity index (χ0n) is 17.3. The summed E-state index contributed by atoms with van der Waals surface area (Å²) in [6.07, 6.45) is 5.10. The van der Waals surface area contributed by atoms with Crippen LogP contribution in [0.25, 0.3) is 10.9 Å². The highest BCUT2D eigenvalue weighted by atomic mass is 32.2. The third-order valence-electron chi connectivity index (χ3n) is 5.38. The number of piperidine rings is 1. The highest BCUT2D eigenvalue weighted by molar-refractivity contribution is 7.89. The Kier molecular flexibility index (Phi) is 7.13. The molecular weight excluding hydrogens is 392 g/mol. The first-order chi connectivity index (χ1) is 14.0. The van der Waals surface area contributed by atoms with E-state index in [1.807, 2.05) is 19.1 Å². The van der Waals surface area contributed by atoms with Crippen molar-refractivity contribution < 1.29 is 17.9 Å². The molecule has 1 aromatic carbocycles. The molecule has 0 spiro atoms. The largest absolute Gasteiger partial charge is 0.493 e. The van der Waals surface area contributed by atoms with Crippen molar-refractivity contribution in [3.63, 3.8) is 0 Å². The van der Waals surface area contributed by atoms with E-state index < -0.39 is 10.0 Å². The van der Waals surface area contributed by atoms with E-state index >= 15 is 0 Å². The standard InChI is InChI=1S/C20H30N4O4S/c1-4-11-29(25,26)23-8-5-15-6-9-24(10-7-15)20-16-12-18(27-2)19(28-3)13-17(16)21-14-22-20/h12-15,23H,4-11H2,1-3H3. The van der Waals surface area contributed by atoms with E-state index in [4.69, 9.17) is 9.47 Å². The topological polar surface area (TPSA) is 93.7 Å². The summed E-state index contributed by atoms with van der Waals surface area (Å²) < 4.78 is 37.1. The van der Waals surface area contributed by atoms with Crippen molar-refractivity contribution in [1.82, 2.24) is 14.7 Å². The molecule has 8 nitrogen and oxygen atoms in total. The highest BCUT2D eigenvalue weighted by Crippen LogP contribution is 2.35. The van der Waals surface area contributed by atoms with E-state index in [2.05, 4.69) is 19.6 Å². The summed E-state index contributed by atoms with van der Waals surface area (Å²) in [5.74, 6) is 2.91. The molecule has 0 amide bonds. The number of anilines is 1. The summed E-state index contributed by atoms with van der Waals surface area (Å²) in [7, 11) is 0.106. The molecule has 2 heterocycles. The lowest BCUT2D eigenvalue weighted by molar-refractivity contribution is 0.355. The number of hydrogen-bond donors (Lipinski definition) is 1. The number of nitrogens with zero attached hydrogens (tertiary/aromatic N) is 3. The Balaban J connectivity index is 1.64. The van der Waals surface area contributed by atoms with Crippen molar-refractivity contribution in [3.05, 3.63) is 18.5 Å². The summed E-state index contributed by atoms with van der Waals surface area (Å²) in [6, 6.07) is 3.80. The van der Waals surface area contributed by atoms with E-state index in [-0.39, 0.29) is 5.75 Å². The summed E-state index contributed by atoms with van der Waals surface area (Å²) in [5.41, 5.74) is 0.820. The summed E-state index contributed by atoms with van der Waals surface area (Å²) in [5, 5.41) is 0.941. The van der Waals surface area contributed by atoms with Gasteiger partial charge in [-0.25, -0.2) is 23.1 Å². The summed E-state index contributed by atoms with van der Waals surface area (Å²) in [6.45, 7) is 4.15. The second-order valence-corrected chi connectivity index (χ2v) is 9.28. The molecule has 1 aliphatic rings. The van der Waals surface area contributed by atoms with Crippen LogP contribution in [0, 0.1) is 5.92 Å². The lowest BCUT2D eigenvalue weighted by Crippen LogP contribution is -2.36. The number of fused-ring (bicyclic) bond motifs is 1. The van der Waals surface area contributed by atoms with Crippen LogP contribution >= 0.6 is 0 Å². The minimum atomic E-state index is -3.12. The van der Waals surface area contributed by atoms with Crippen LogP contribution in [0.15, 0.2) is 18.5 Å². The van der Waals surface area contributed by atoms with Gasteiger partial charge in [0.25, 0.3) is 0 Å². The van der Waals surface area contributed by atoms with Crippen LogP contribution in [0.3, 0.4) is 0 Å². The van der Waals surface area contributed by atoms with Crippen LogP contribution in [0.1, 0.15) is 32.6 Å². The van der Waals surface area contributed by atoms with Gasteiger partial charge >= 0.3 is 0 Å². The number of nitrogens with one attached hydrogen (secondary N) is 1. The fourth-order valence-corrected chi connectivity index (χ4v) is 4.92. The Morgan fingerprint density at radius 3 is 2.48 bits per heavy atom. The Bertz CT molecular complexity index is 927. The lowest BCUT2D eigenvalue weighted by atomic mass is 9.93. The maximum absolute atomic E-state index is 11.8. The average molecular weight is 423 g/mol. The molecule has 0 bridgehead atoms. The number of ether oxygens (including phenoxy) is 2. The van der Waals surface area contributed by atoms with Gasteiger partial charge in [0.15, 0.2) is 11.5 Å². The van der Waals surface area contributed by atoms with Gasteiger partial charge in [-0.15, -0.1) is 0 Å². The van der Waals surface area contributed by atoms with E-state index in [1.165, 1.54) is 0 Å². The fourth-order valence-electron chi connectivity index (χ4n) is 3.81. The number of benzene rings is 1. The molecular formula is C20H30N4O4S. The van der Waals surface area contributed by atoms with Crippen LogP contribution in [-0.2, 0) is 10.0 Å². The van der Waals surface area contributed by atoms with Crippen LogP contribution in [0.4, 0.5) is 5.82 Å². The molecule has 1 N–H and O–H groups in total. The molecule has 1 fully saturated rings. The van der Waals surface area contributed by atoms with Crippen molar-refractivity contribution >= 4 is 26.7 Å². The Labute approximate surface area is 172 Å². The van der Waals surface area contributed by atoms with E-state index in [1.54, 1.807) is 20.5 Å². The first kappa shape index (κ1) is 21.6. The molecule has 29 heavy (non-hydrogen) atoms. The van der Waals surface area contributed by atoms with E-state index in [0.717, 1.165) is 49.1 Å². The van der Waals surface area contributed by atoms with Crippen LogP contribution in [-0.4, -0.2) is 58.0 Å². The van der Waals surface area contributed by atoms with Crippen molar-refractivity contribution in [1.29, 1.82) is 0 Å². The molecule has 1 saturated heterocycles. The third-order valence-corrected chi connectivity index (χ3v) is 6.97. The van der Waals surface area contributed by atoms with E-state index in [9.17, 15) is 8.42 Å².